The number of nitrogens with zero attached hydrogens (tertiary/aromatic N) is 1. The van der Waals surface area contributed by atoms with Crippen LogP contribution in [0, 0.1) is 0 Å². The van der Waals surface area contributed by atoms with Gasteiger partial charge in [-0.25, -0.2) is 5.43 Å². The average Bonchev–Trinajstić information content (AvgIpc) is 3.18. The first kappa shape index (κ1) is 24.6. The van der Waals surface area contributed by atoms with Crippen molar-refractivity contribution < 1.29 is 23.5 Å². The van der Waals surface area contributed by atoms with Crippen molar-refractivity contribution in [3.05, 3.63) is 64.1 Å². The number of ether oxygens (including phenoxy) is 2. The van der Waals surface area contributed by atoms with Crippen LogP contribution in [0.4, 0.5) is 5.69 Å². The van der Waals surface area contributed by atoms with Gasteiger partial charge in [-0.2, -0.15) is 5.10 Å². The molecule has 3 aromatic carbocycles. The predicted molar refractivity (Wildman–Crippen MR) is 139 cm³/mol. The van der Waals surface area contributed by atoms with Gasteiger partial charge in [0.25, 0.3) is 5.91 Å². The Morgan fingerprint density at radius 3 is 2.60 bits per heavy atom. The van der Waals surface area contributed by atoms with Gasteiger partial charge in [0.1, 0.15) is 22.7 Å². The van der Waals surface area contributed by atoms with Crippen LogP contribution in [0.1, 0.15) is 13.3 Å². The first-order valence-electron chi connectivity index (χ1n) is 10.5. The Balaban J connectivity index is 1.35. The zero-order valence-corrected chi connectivity index (χ0v) is 21.2. The molecule has 0 radical (unpaired) electrons. The van der Waals surface area contributed by atoms with Gasteiger partial charge in [-0.05, 0) is 53.2 Å². The molecule has 0 aliphatic rings. The molecule has 4 rings (SSSR count). The zero-order chi connectivity index (χ0) is 24.9. The number of hydrogen-bond donors (Lipinski definition) is 2. The summed E-state index contributed by atoms with van der Waals surface area (Å²) in [5, 5.41) is 9.18. The van der Waals surface area contributed by atoms with Gasteiger partial charge in [0, 0.05) is 27.6 Å². The molecule has 10 heteroatoms. The van der Waals surface area contributed by atoms with Crippen LogP contribution in [0.3, 0.4) is 0 Å². The van der Waals surface area contributed by atoms with Gasteiger partial charge in [0.15, 0.2) is 6.61 Å². The van der Waals surface area contributed by atoms with Crippen LogP contribution < -0.4 is 20.2 Å². The first-order valence-corrected chi connectivity index (χ1v) is 11.7. The van der Waals surface area contributed by atoms with Gasteiger partial charge in [-0.3, -0.25) is 9.59 Å². The number of hydrogen-bond acceptors (Lipinski definition) is 6. The minimum atomic E-state index is -0.469. The number of benzene rings is 3. The van der Waals surface area contributed by atoms with Gasteiger partial charge in [0.05, 0.1) is 23.7 Å². The molecule has 0 unspecified atom stereocenters. The third-order valence-electron chi connectivity index (χ3n) is 5.01. The second kappa shape index (κ2) is 10.8. The molecule has 0 bridgehead atoms. The van der Waals surface area contributed by atoms with Crippen molar-refractivity contribution in [2.24, 2.45) is 5.10 Å². The van der Waals surface area contributed by atoms with Crippen molar-refractivity contribution in [2.45, 2.75) is 13.3 Å². The molecule has 0 aliphatic heterocycles. The summed E-state index contributed by atoms with van der Waals surface area (Å²) < 4.78 is 17.4. The second-order valence-electron chi connectivity index (χ2n) is 7.62. The van der Waals surface area contributed by atoms with Gasteiger partial charge in [-0.15, -0.1) is 0 Å². The van der Waals surface area contributed by atoms with E-state index in [1.165, 1.54) is 7.11 Å². The largest absolute Gasteiger partial charge is 0.495 e. The van der Waals surface area contributed by atoms with E-state index in [0.29, 0.717) is 38.0 Å². The lowest BCUT2D eigenvalue weighted by molar-refractivity contribution is -0.123. The van der Waals surface area contributed by atoms with Gasteiger partial charge >= 0.3 is 0 Å². The van der Waals surface area contributed by atoms with E-state index in [2.05, 4.69) is 31.8 Å². The van der Waals surface area contributed by atoms with Crippen LogP contribution in [-0.2, 0) is 9.59 Å². The molecule has 0 fully saturated rings. The maximum atomic E-state index is 12.6. The standard InChI is InChI=1S/C25H21BrClN3O5/c1-14(29-30-25(32)13-34-21-8-7-15(27)10-18(21)26)9-24(31)28-19-12-22-17(11-23(19)33-2)16-5-3-4-6-20(16)35-22/h3-8,10-12H,9,13H2,1-2H3,(H,28,31)(H,30,32)/b29-14-. The highest BCUT2D eigenvalue weighted by atomic mass is 79.9. The number of carbonyl (C=O) groups is 2. The molecule has 180 valence electrons. The summed E-state index contributed by atoms with van der Waals surface area (Å²) in [7, 11) is 1.53. The fourth-order valence-electron chi connectivity index (χ4n) is 3.41. The summed E-state index contributed by atoms with van der Waals surface area (Å²) in [6.07, 6.45) is -0.0365. The van der Waals surface area contributed by atoms with Crippen molar-refractivity contribution >= 4 is 72.7 Å². The molecule has 1 heterocycles. The van der Waals surface area contributed by atoms with Crippen LogP contribution in [-0.4, -0.2) is 31.2 Å². The highest BCUT2D eigenvalue weighted by Gasteiger charge is 2.15. The number of halogens is 2. The summed E-state index contributed by atoms with van der Waals surface area (Å²) in [5.41, 5.74) is 4.64. The zero-order valence-electron chi connectivity index (χ0n) is 18.9. The van der Waals surface area contributed by atoms with Gasteiger partial charge in [-0.1, -0.05) is 29.8 Å². The molecule has 4 aromatic rings. The smallest absolute Gasteiger partial charge is 0.277 e. The number of anilines is 1. The third-order valence-corrected chi connectivity index (χ3v) is 5.87. The van der Waals surface area contributed by atoms with Crippen molar-refractivity contribution in [1.29, 1.82) is 0 Å². The first-order chi connectivity index (χ1) is 16.8. The minimum absolute atomic E-state index is 0.0365. The van der Waals surface area contributed by atoms with E-state index in [4.69, 9.17) is 25.5 Å². The number of fused-ring (bicyclic) bond motifs is 3. The Morgan fingerprint density at radius 2 is 1.83 bits per heavy atom. The number of hydrazone groups is 1. The molecule has 8 nitrogen and oxygen atoms in total. The number of nitrogens with one attached hydrogen (secondary N) is 2. The molecule has 2 amide bonds. The summed E-state index contributed by atoms with van der Waals surface area (Å²) in [5.74, 6) is 0.185. The fraction of sp³-hybridized carbons (Fsp3) is 0.160. The van der Waals surface area contributed by atoms with Crippen molar-refractivity contribution in [3.8, 4) is 11.5 Å². The van der Waals surface area contributed by atoms with Crippen LogP contribution in [0.25, 0.3) is 21.9 Å². The number of methoxy groups -OCH3 is 1. The van der Waals surface area contributed by atoms with E-state index in [1.54, 1.807) is 31.2 Å². The Labute approximate surface area is 214 Å². The maximum Gasteiger partial charge on any atom is 0.277 e. The molecule has 0 atom stereocenters. The number of furan rings is 1. The molecular formula is C25H21BrClN3O5. The molecule has 0 aliphatic carbocycles. The van der Waals surface area contributed by atoms with E-state index in [1.807, 2.05) is 30.3 Å². The number of amides is 2. The number of rotatable bonds is 8. The van der Waals surface area contributed by atoms with Crippen molar-refractivity contribution in [1.82, 2.24) is 5.43 Å². The van der Waals surface area contributed by atoms with Crippen LogP contribution in [0.15, 0.2) is 68.6 Å². The third kappa shape index (κ3) is 5.93. The summed E-state index contributed by atoms with van der Waals surface area (Å²) in [6, 6.07) is 16.2. The Morgan fingerprint density at radius 1 is 1.03 bits per heavy atom. The average molecular weight is 559 g/mol. The highest BCUT2D eigenvalue weighted by molar-refractivity contribution is 9.10. The molecule has 2 N–H and O–H groups in total. The molecule has 35 heavy (non-hydrogen) atoms. The van der Waals surface area contributed by atoms with Crippen molar-refractivity contribution in [2.75, 3.05) is 19.0 Å². The Bertz CT molecular complexity index is 1450. The fourth-order valence-corrected chi connectivity index (χ4v) is 4.21. The molecular weight excluding hydrogens is 538 g/mol. The lowest BCUT2D eigenvalue weighted by Crippen LogP contribution is -2.26. The SMILES string of the molecule is COc1cc2c(cc1NC(=O)C/C(C)=N\NC(=O)COc1ccc(Cl)cc1Br)oc1ccccc12. The summed E-state index contributed by atoms with van der Waals surface area (Å²) >= 11 is 9.21. The molecule has 0 saturated heterocycles. The monoisotopic (exact) mass is 557 g/mol. The predicted octanol–water partition coefficient (Wildman–Crippen LogP) is 5.91. The normalized spacial score (nSPS) is 11.5. The van der Waals surface area contributed by atoms with Gasteiger partial charge in [0.2, 0.25) is 5.91 Å². The summed E-state index contributed by atoms with van der Waals surface area (Å²) in [6.45, 7) is 1.38. The van der Waals surface area contributed by atoms with E-state index < -0.39 is 5.91 Å². The second-order valence-corrected chi connectivity index (χ2v) is 8.91. The minimum Gasteiger partial charge on any atom is -0.495 e. The molecule has 1 aromatic heterocycles. The lowest BCUT2D eigenvalue weighted by atomic mass is 10.1. The molecule has 0 saturated carbocycles. The van der Waals surface area contributed by atoms with Crippen LogP contribution in [0.2, 0.25) is 5.02 Å². The van der Waals surface area contributed by atoms with Crippen molar-refractivity contribution in [3.63, 3.8) is 0 Å². The van der Waals surface area contributed by atoms with E-state index >= 15 is 0 Å². The topological polar surface area (TPSA) is 102 Å². The molecule has 0 spiro atoms. The highest BCUT2D eigenvalue weighted by Crippen LogP contribution is 2.36. The lowest BCUT2D eigenvalue weighted by Gasteiger charge is -2.10. The van der Waals surface area contributed by atoms with E-state index in [-0.39, 0.29) is 18.9 Å². The Hall–Kier alpha value is -3.56. The Kier molecular flexibility index (Phi) is 7.57. The number of carbonyl (C=O) groups excluding carboxylic acids is 2. The van der Waals surface area contributed by atoms with Crippen LogP contribution in [0.5, 0.6) is 11.5 Å². The summed E-state index contributed by atoms with van der Waals surface area (Å²) in [4.78, 5) is 24.6. The quantitative estimate of drug-likeness (QED) is 0.207. The number of para-hydroxylation sites is 1. The van der Waals surface area contributed by atoms with E-state index in [0.717, 1.165) is 16.4 Å². The van der Waals surface area contributed by atoms with Crippen LogP contribution >= 0.6 is 27.5 Å². The maximum absolute atomic E-state index is 12.6. The van der Waals surface area contributed by atoms with E-state index in [9.17, 15) is 9.59 Å². The van der Waals surface area contributed by atoms with Gasteiger partial charge < -0.3 is 19.2 Å².